The van der Waals surface area contributed by atoms with Gasteiger partial charge in [-0.05, 0) is 44.0 Å². The van der Waals surface area contributed by atoms with Gasteiger partial charge in [0, 0.05) is 7.05 Å². The molecule has 1 unspecified atom stereocenters. The Labute approximate surface area is 114 Å². The number of hydrogen-bond donors (Lipinski definition) is 1. The molecule has 1 aromatic carbocycles. The van der Waals surface area contributed by atoms with E-state index in [9.17, 15) is 0 Å². The summed E-state index contributed by atoms with van der Waals surface area (Å²) in [5.74, 6) is 0. The molecule has 1 N–H and O–H groups in total. The van der Waals surface area contributed by atoms with Gasteiger partial charge >= 0.3 is 0 Å². The second-order valence-electron chi connectivity index (χ2n) is 5.09. The normalized spacial score (nSPS) is 12.7. The van der Waals surface area contributed by atoms with Gasteiger partial charge in [-0.1, -0.05) is 29.8 Å². The molecule has 0 amide bonds. The smallest absolute Gasteiger partial charge is 0.0798 e. The van der Waals surface area contributed by atoms with E-state index in [-0.39, 0.29) is 6.04 Å². The van der Waals surface area contributed by atoms with E-state index in [1.165, 1.54) is 22.3 Å². The number of benzene rings is 1. The first kappa shape index (κ1) is 13.7. The number of nitrogens with zero attached hydrogens (tertiary/aromatic N) is 3. The topological polar surface area (TPSA) is 42.7 Å². The van der Waals surface area contributed by atoms with E-state index in [0.29, 0.717) is 0 Å². The van der Waals surface area contributed by atoms with Gasteiger partial charge in [-0.3, -0.25) is 4.68 Å². The third kappa shape index (κ3) is 2.68. The van der Waals surface area contributed by atoms with E-state index in [1.807, 2.05) is 17.9 Å². The van der Waals surface area contributed by atoms with Crippen LogP contribution in [0.5, 0.6) is 0 Å². The Kier molecular flexibility index (Phi) is 4.00. The van der Waals surface area contributed by atoms with Crippen LogP contribution in [0.25, 0.3) is 0 Å². The minimum atomic E-state index is 0.144. The zero-order chi connectivity index (χ0) is 14.0. The molecular formula is C15H22N4. The lowest BCUT2D eigenvalue weighted by Crippen LogP contribution is -2.25. The molecule has 1 atom stereocenters. The van der Waals surface area contributed by atoms with Gasteiger partial charge in [-0.2, -0.15) is 0 Å². The molecule has 1 aromatic heterocycles. The molecule has 0 saturated carbocycles. The number of rotatable bonds is 4. The molecule has 0 aliphatic rings. The third-order valence-corrected chi connectivity index (χ3v) is 3.48. The van der Waals surface area contributed by atoms with E-state index in [2.05, 4.69) is 55.5 Å². The van der Waals surface area contributed by atoms with Crippen molar-refractivity contribution < 1.29 is 0 Å². The van der Waals surface area contributed by atoms with Gasteiger partial charge < -0.3 is 5.32 Å². The highest BCUT2D eigenvalue weighted by Gasteiger charge is 2.20. The summed E-state index contributed by atoms with van der Waals surface area (Å²) in [7, 11) is 1.94. The van der Waals surface area contributed by atoms with Gasteiger partial charge in [0.15, 0.2) is 0 Å². The first-order chi connectivity index (χ1) is 9.04. The van der Waals surface area contributed by atoms with Crippen molar-refractivity contribution in [2.24, 2.45) is 7.05 Å². The van der Waals surface area contributed by atoms with Gasteiger partial charge in [0.2, 0.25) is 0 Å². The molecule has 2 rings (SSSR count). The van der Waals surface area contributed by atoms with Crippen molar-refractivity contribution in [2.45, 2.75) is 33.7 Å². The molecule has 102 valence electrons. The van der Waals surface area contributed by atoms with Crippen molar-refractivity contribution in [3.05, 3.63) is 46.3 Å². The molecule has 0 spiro atoms. The summed E-state index contributed by atoms with van der Waals surface area (Å²) >= 11 is 0. The molecule has 0 bridgehead atoms. The highest BCUT2D eigenvalue weighted by atomic mass is 15.4. The maximum Gasteiger partial charge on any atom is 0.0798 e. The molecule has 4 nitrogen and oxygen atoms in total. The summed E-state index contributed by atoms with van der Waals surface area (Å²) in [6.45, 7) is 9.50. The fraction of sp³-hybridized carbons (Fsp3) is 0.467. The second-order valence-corrected chi connectivity index (χ2v) is 5.09. The first-order valence-electron chi connectivity index (χ1n) is 6.70. The minimum Gasteiger partial charge on any atom is -0.305 e. The van der Waals surface area contributed by atoms with Gasteiger partial charge in [-0.15, -0.1) is 5.10 Å². The highest BCUT2D eigenvalue weighted by Crippen LogP contribution is 2.28. The highest BCUT2D eigenvalue weighted by molar-refractivity contribution is 5.42. The summed E-state index contributed by atoms with van der Waals surface area (Å²) in [5, 5.41) is 11.6. The monoisotopic (exact) mass is 258 g/mol. The standard InChI is InChI=1S/C15H22N4/c1-6-16-15(13-9-17-18-19(13)5)14-11(3)7-10(2)8-12(14)4/h7-9,15-16H,6H2,1-5H3. The van der Waals surface area contributed by atoms with Gasteiger partial charge in [0.05, 0.1) is 17.9 Å². The maximum atomic E-state index is 4.05. The maximum absolute atomic E-state index is 4.05. The van der Waals surface area contributed by atoms with E-state index in [0.717, 1.165) is 12.2 Å². The number of aryl methyl sites for hydroxylation is 4. The minimum absolute atomic E-state index is 0.144. The van der Waals surface area contributed by atoms with Crippen LogP contribution >= 0.6 is 0 Å². The summed E-state index contributed by atoms with van der Waals surface area (Å²) in [4.78, 5) is 0. The summed E-state index contributed by atoms with van der Waals surface area (Å²) < 4.78 is 1.84. The van der Waals surface area contributed by atoms with Crippen LogP contribution in [-0.4, -0.2) is 21.5 Å². The first-order valence-corrected chi connectivity index (χ1v) is 6.70. The Morgan fingerprint density at radius 1 is 1.21 bits per heavy atom. The van der Waals surface area contributed by atoms with Crippen molar-refractivity contribution in [2.75, 3.05) is 6.54 Å². The average Bonchev–Trinajstić information content (AvgIpc) is 2.73. The van der Waals surface area contributed by atoms with Crippen LogP contribution in [0, 0.1) is 20.8 Å². The number of hydrogen-bond acceptors (Lipinski definition) is 3. The number of aromatic nitrogens is 3. The Bertz CT molecular complexity index is 548. The van der Waals surface area contributed by atoms with Gasteiger partial charge in [0.25, 0.3) is 0 Å². The lowest BCUT2D eigenvalue weighted by atomic mass is 9.92. The van der Waals surface area contributed by atoms with Crippen molar-refractivity contribution in [1.29, 1.82) is 0 Å². The molecule has 0 aliphatic carbocycles. The Morgan fingerprint density at radius 3 is 2.32 bits per heavy atom. The van der Waals surface area contributed by atoms with Crippen molar-refractivity contribution in [1.82, 2.24) is 20.3 Å². The van der Waals surface area contributed by atoms with Crippen molar-refractivity contribution >= 4 is 0 Å². The van der Waals surface area contributed by atoms with Crippen LogP contribution in [0.3, 0.4) is 0 Å². The third-order valence-electron chi connectivity index (χ3n) is 3.48. The van der Waals surface area contributed by atoms with Crippen molar-refractivity contribution in [3.8, 4) is 0 Å². The molecule has 19 heavy (non-hydrogen) atoms. The molecule has 0 fully saturated rings. The molecule has 4 heteroatoms. The predicted molar refractivity (Wildman–Crippen MR) is 77.2 cm³/mol. The second kappa shape index (κ2) is 5.53. The lowest BCUT2D eigenvalue weighted by molar-refractivity contribution is 0.564. The predicted octanol–water partition coefficient (Wildman–Crippen LogP) is 2.44. The SMILES string of the molecule is CCNC(c1c(C)cc(C)cc1C)c1cnnn1C. The zero-order valence-electron chi connectivity index (χ0n) is 12.4. The van der Waals surface area contributed by atoms with Crippen LogP contribution in [0.15, 0.2) is 18.3 Å². The summed E-state index contributed by atoms with van der Waals surface area (Å²) in [5.41, 5.74) is 6.35. The van der Waals surface area contributed by atoms with Crippen LogP contribution in [0.2, 0.25) is 0 Å². The average molecular weight is 258 g/mol. The fourth-order valence-electron chi connectivity index (χ4n) is 2.76. The molecule has 0 saturated heterocycles. The van der Waals surface area contributed by atoms with Crippen LogP contribution in [-0.2, 0) is 7.05 Å². The van der Waals surface area contributed by atoms with Crippen LogP contribution in [0.1, 0.15) is 40.9 Å². The molecule has 0 aliphatic heterocycles. The van der Waals surface area contributed by atoms with Crippen molar-refractivity contribution in [3.63, 3.8) is 0 Å². The Balaban J connectivity index is 2.54. The van der Waals surface area contributed by atoms with Crippen LogP contribution in [0.4, 0.5) is 0 Å². The van der Waals surface area contributed by atoms with Gasteiger partial charge in [0.1, 0.15) is 0 Å². The Hall–Kier alpha value is -1.68. The molecule has 0 radical (unpaired) electrons. The molecular weight excluding hydrogens is 236 g/mol. The Morgan fingerprint density at radius 2 is 1.84 bits per heavy atom. The van der Waals surface area contributed by atoms with E-state index < -0.39 is 0 Å². The van der Waals surface area contributed by atoms with E-state index in [4.69, 9.17) is 0 Å². The van der Waals surface area contributed by atoms with E-state index >= 15 is 0 Å². The quantitative estimate of drug-likeness (QED) is 0.916. The fourth-order valence-corrected chi connectivity index (χ4v) is 2.76. The lowest BCUT2D eigenvalue weighted by Gasteiger charge is -2.22. The van der Waals surface area contributed by atoms with Crippen LogP contribution < -0.4 is 5.32 Å². The summed E-state index contributed by atoms with van der Waals surface area (Å²) in [6.07, 6.45) is 1.84. The van der Waals surface area contributed by atoms with Gasteiger partial charge in [-0.25, -0.2) is 0 Å². The molecule has 1 heterocycles. The number of nitrogens with one attached hydrogen (secondary N) is 1. The molecule has 2 aromatic rings. The summed E-state index contributed by atoms with van der Waals surface area (Å²) in [6, 6.07) is 4.61. The zero-order valence-corrected chi connectivity index (χ0v) is 12.4. The largest absolute Gasteiger partial charge is 0.305 e. The van der Waals surface area contributed by atoms with E-state index in [1.54, 1.807) is 0 Å².